The number of phenolic OH excluding ortho intramolecular Hbond substituents is 1. The van der Waals surface area contributed by atoms with E-state index in [1.807, 2.05) is 170 Å². The number of phenols is 1. The number of amides is 4. The number of aromatic hydroxyl groups is 1. The molecule has 632 valence electrons. The Hall–Kier alpha value is -14.8. The molecule has 0 atom stereocenters. The molecule has 0 aliphatic heterocycles. The summed E-state index contributed by atoms with van der Waals surface area (Å²) in [7, 11) is 15.3. The summed E-state index contributed by atoms with van der Waals surface area (Å²) in [5.74, 6) is 1.27. The molecule has 1 N–H and O–H groups in total. The van der Waals surface area contributed by atoms with Crippen molar-refractivity contribution in [3.63, 3.8) is 0 Å². The normalized spacial score (nSPS) is 10.6. The first-order chi connectivity index (χ1) is 58.6. The third-order valence-corrected chi connectivity index (χ3v) is 17.8. The van der Waals surface area contributed by atoms with Gasteiger partial charge in [0.25, 0.3) is 0 Å². The van der Waals surface area contributed by atoms with E-state index in [4.69, 9.17) is 47.4 Å². The summed E-state index contributed by atoms with van der Waals surface area (Å²) >= 11 is 0. The first-order valence-electron chi connectivity index (χ1n) is 38.3. The molecule has 4 amide bonds. The van der Waals surface area contributed by atoms with E-state index in [1.165, 1.54) is 31.9 Å². The van der Waals surface area contributed by atoms with Crippen LogP contribution in [0, 0.1) is 0 Å². The second kappa shape index (κ2) is 46.8. The third kappa shape index (κ3) is 28.3. The molecule has 0 spiro atoms. The van der Waals surface area contributed by atoms with E-state index in [0.717, 1.165) is 44.5 Å². The van der Waals surface area contributed by atoms with Crippen molar-refractivity contribution in [1.82, 2.24) is 79.6 Å². The largest absolute Gasteiger partial charge is 0.508 e. The molecule has 0 saturated heterocycles. The minimum Gasteiger partial charge on any atom is -0.508 e. The zero-order valence-corrected chi connectivity index (χ0v) is 69.3. The van der Waals surface area contributed by atoms with E-state index >= 15 is 0 Å². The van der Waals surface area contributed by atoms with Crippen molar-refractivity contribution in [1.29, 1.82) is 0 Å². The summed E-state index contributed by atoms with van der Waals surface area (Å²) in [5, 5.41) is 42.4. The Kier molecular flexibility index (Phi) is 34.9. The Morgan fingerprint density at radius 3 is 0.959 bits per heavy atom. The lowest BCUT2D eigenvalue weighted by atomic mass is 10.1. The summed E-state index contributed by atoms with van der Waals surface area (Å²) in [5.41, 5.74) is 12.5. The number of hydrogen-bond acceptors (Lipinski definition) is 25. The van der Waals surface area contributed by atoms with E-state index in [1.54, 1.807) is 145 Å². The highest BCUT2D eigenvalue weighted by molar-refractivity contribution is 5.81. The lowest BCUT2D eigenvalue weighted by molar-refractivity contribution is -0.143. The summed E-state index contributed by atoms with van der Waals surface area (Å²) in [6.07, 6.45) is 0.956. The maximum atomic E-state index is 12.4. The number of carbonyl (C=O) groups is 6. The molecule has 0 radical (unpaired) electrons. The molecule has 4 aromatic heterocycles. The quantitative estimate of drug-likeness (QED) is 0.0134. The molecule has 8 aromatic carbocycles. The number of carbonyl (C=O) groups excluding carboxylic acids is 6. The molecule has 0 bridgehead atoms. The zero-order chi connectivity index (χ0) is 86.4. The summed E-state index contributed by atoms with van der Waals surface area (Å²) in [6, 6.07) is 67.2. The Morgan fingerprint density at radius 2 is 0.661 bits per heavy atom. The summed E-state index contributed by atoms with van der Waals surface area (Å²) < 4.78 is 59.2. The van der Waals surface area contributed by atoms with Crippen molar-refractivity contribution >= 4 is 36.3 Å². The van der Waals surface area contributed by atoms with Crippen LogP contribution in [0.2, 0.25) is 0 Å². The highest BCUT2D eigenvalue weighted by Crippen LogP contribution is 2.30. The second-order valence-electron chi connectivity index (χ2n) is 26.9. The van der Waals surface area contributed by atoms with Crippen molar-refractivity contribution in [2.75, 3.05) is 61.9 Å². The van der Waals surface area contributed by atoms with Gasteiger partial charge in [-0.05, 0) is 133 Å². The predicted octanol–water partition coefficient (Wildman–Crippen LogP) is 13.5. The fraction of sp³-hybridized carbons (Fsp3) is 0.273. The van der Waals surface area contributed by atoms with Gasteiger partial charge < -0.3 is 72.1 Å². The number of aryl methyl sites for hydroxylation is 4. The van der Waals surface area contributed by atoms with Crippen LogP contribution in [0.1, 0.15) is 65.3 Å². The van der Waals surface area contributed by atoms with Gasteiger partial charge >= 0.3 is 36.3 Å². The van der Waals surface area contributed by atoms with Crippen molar-refractivity contribution in [3.8, 4) is 68.0 Å². The minimum absolute atomic E-state index is 0.0251. The highest BCUT2D eigenvalue weighted by Gasteiger charge is 2.23. The molecule has 0 unspecified atom stereocenters. The van der Waals surface area contributed by atoms with Crippen LogP contribution in [-0.4, -0.2) is 183 Å². The minimum atomic E-state index is -0.470. The van der Waals surface area contributed by atoms with E-state index in [2.05, 4.69) is 41.2 Å². The molecule has 0 aliphatic carbocycles. The number of nitrogens with zero attached hydrogens (tertiary/aromatic N) is 16. The van der Waals surface area contributed by atoms with Gasteiger partial charge in [-0.25, -0.2) is 42.7 Å². The van der Waals surface area contributed by atoms with E-state index in [-0.39, 0.29) is 58.0 Å². The lowest BCUT2D eigenvalue weighted by Gasteiger charge is -2.17. The van der Waals surface area contributed by atoms with E-state index in [9.17, 15) is 33.9 Å². The van der Waals surface area contributed by atoms with Gasteiger partial charge in [0.05, 0.1) is 38.6 Å². The van der Waals surface area contributed by atoms with E-state index < -0.39 is 30.3 Å². The molecule has 121 heavy (non-hydrogen) atoms. The SMILES string of the molecule is CCOC(=O)/C=C/Oc1ccc(-c2nnn(C)c2COC(=O)N(C)Cc2ccccc2)cc1.CCOC(=O)CCOc1ccc(-c2nnn(C)c2COC(=O)N(C)Cc2ccccc2)cc1.CN(Cc1ccccc1)C(=O)OCc1c(-c2ccc(O)cc2)nnn1C.COCOc1ccc(-c2nnn(C)c2COC(=O)N(C)Cc2ccccc2)cc1. The fourth-order valence-corrected chi connectivity index (χ4v) is 11.4. The van der Waals surface area contributed by atoms with Gasteiger partial charge in [-0.2, -0.15) is 0 Å². The number of methoxy groups -OCH3 is 1. The standard InChI is InChI=1S/C24H28N4O5.C24H26N4O5.C21H24N4O4.C19H20N4O3/c2*1-4-31-22(29)14-15-32-20-12-10-19(11-13-20)23-21(28(3)26-25-23)17-33-24(30)27(2)16-18-8-6-5-7-9-18;1-24(13-16-7-5-4-6-8-16)21(26)28-14-19-20(22-23-25(19)2)17-9-11-18(12-10-17)29-15-27-3;1-22(12-14-6-4-3-5-7-14)19(25)26-13-17-18(20-21-23(17)2)15-8-10-16(24)11-9-15/h5-13H,4,14-17H2,1-3H3;5-15H,4,16-17H2,1-3H3;4-12H,13-15H2,1-3H3;3-11,24H,12-13H2,1-2H3/b;15-14+;;. The molecule has 33 heteroatoms. The first kappa shape index (κ1) is 90.2. The Morgan fingerprint density at radius 1 is 0.372 bits per heavy atom. The summed E-state index contributed by atoms with van der Waals surface area (Å²) in [6.45, 7) is 6.59. The Bertz CT molecular complexity index is 5250. The predicted molar refractivity (Wildman–Crippen MR) is 445 cm³/mol. The van der Waals surface area contributed by atoms with Crippen LogP contribution in [0.3, 0.4) is 0 Å². The number of hydrogen-bond donors (Lipinski definition) is 1. The number of rotatable bonds is 32. The first-order valence-corrected chi connectivity index (χ1v) is 38.3. The van der Waals surface area contributed by atoms with Crippen LogP contribution < -0.4 is 14.2 Å². The fourth-order valence-electron chi connectivity index (χ4n) is 11.4. The Labute approximate surface area is 700 Å². The molecule has 0 aliphatic rings. The van der Waals surface area contributed by atoms with Gasteiger partial charge in [-0.1, -0.05) is 142 Å². The van der Waals surface area contributed by atoms with Crippen molar-refractivity contribution in [3.05, 3.63) is 276 Å². The summed E-state index contributed by atoms with van der Waals surface area (Å²) in [4.78, 5) is 78.3. The molecule has 0 saturated carbocycles. The molecule has 12 aromatic rings. The van der Waals surface area contributed by atoms with Gasteiger partial charge in [0, 0.05) is 112 Å². The topological polar surface area (TPSA) is 351 Å². The maximum Gasteiger partial charge on any atom is 0.410 e. The molecule has 33 nitrogen and oxygen atoms in total. The van der Waals surface area contributed by atoms with Crippen LogP contribution in [-0.2, 0) is 124 Å². The van der Waals surface area contributed by atoms with Crippen LogP contribution in [0.15, 0.2) is 231 Å². The number of aromatic nitrogens is 12. The number of esters is 2. The zero-order valence-electron chi connectivity index (χ0n) is 69.3. The van der Waals surface area contributed by atoms with Crippen LogP contribution in [0.25, 0.3) is 45.0 Å². The molecule has 0 fully saturated rings. The van der Waals surface area contributed by atoms with Gasteiger partial charge in [0.2, 0.25) is 0 Å². The maximum absolute atomic E-state index is 12.4. The van der Waals surface area contributed by atoms with Crippen molar-refractivity contribution in [2.24, 2.45) is 28.2 Å². The van der Waals surface area contributed by atoms with Crippen molar-refractivity contribution in [2.45, 2.75) is 72.9 Å². The van der Waals surface area contributed by atoms with Crippen LogP contribution >= 0.6 is 0 Å². The molecule has 4 heterocycles. The average Bonchev–Trinajstić information content (AvgIpc) is 1.71. The Balaban J connectivity index is 0.000000184. The van der Waals surface area contributed by atoms with Gasteiger partial charge in [-0.15, -0.1) is 20.4 Å². The molecular weight excluding hydrogens is 1550 g/mol. The molecule has 12 rings (SSSR count). The number of benzene rings is 8. The third-order valence-electron chi connectivity index (χ3n) is 17.8. The highest BCUT2D eigenvalue weighted by atomic mass is 16.7. The van der Waals surface area contributed by atoms with Crippen molar-refractivity contribution < 1.29 is 81.2 Å². The average molecular weight is 1650 g/mol. The number of ether oxygens (including phenoxy) is 10. The van der Waals surface area contributed by atoms with Gasteiger partial charge in [0.15, 0.2) is 6.79 Å². The smallest absolute Gasteiger partial charge is 0.410 e. The van der Waals surface area contributed by atoms with E-state index in [0.29, 0.717) is 102 Å². The lowest BCUT2D eigenvalue weighted by Crippen LogP contribution is -2.27. The second-order valence-corrected chi connectivity index (χ2v) is 26.9. The molecular formula is C88H98N16O17. The van der Waals surface area contributed by atoms with Crippen LogP contribution in [0.4, 0.5) is 19.2 Å². The monoisotopic (exact) mass is 1650 g/mol. The van der Waals surface area contributed by atoms with Crippen LogP contribution in [0.5, 0.6) is 23.0 Å². The van der Waals surface area contributed by atoms with Gasteiger partial charge in [-0.3, -0.25) is 4.79 Å². The van der Waals surface area contributed by atoms with Gasteiger partial charge in [0.1, 0.15) is 95.0 Å².